The van der Waals surface area contributed by atoms with Crippen LogP contribution >= 0.6 is 12.2 Å². The molecule has 0 bridgehead atoms. The van der Waals surface area contributed by atoms with Crippen molar-refractivity contribution in [3.63, 3.8) is 0 Å². The average Bonchev–Trinajstić information content (AvgIpc) is 2.17. The van der Waals surface area contributed by atoms with E-state index in [1.54, 1.807) is 33.3 Å². The molecule has 0 spiro atoms. The molecule has 0 heterocycles. The van der Waals surface area contributed by atoms with Crippen molar-refractivity contribution in [2.45, 2.75) is 6.92 Å². The van der Waals surface area contributed by atoms with Crippen LogP contribution in [-0.4, -0.2) is 19.3 Å². The maximum Gasteiger partial charge on any atom is 0.168 e. The Morgan fingerprint density at radius 2 is 1.93 bits per heavy atom. The fourth-order valence-corrected chi connectivity index (χ4v) is 0.937. The summed E-state index contributed by atoms with van der Waals surface area (Å²) in [4.78, 5) is 0. The van der Waals surface area contributed by atoms with Crippen LogP contribution in [0.4, 0.5) is 0 Å². The molecular weight excluding hydrogens is 212 g/mol. The first-order chi connectivity index (χ1) is 7.01. The van der Waals surface area contributed by atoms with Gasteiger partial charge in [-0.15, -0.1) is 0 Å². The van der Waals surface area contributed by atoms with Crippen LogP contribution in [0.2, 0.25) is 0 Å². The highest BCUT2D eigenvalue weighted by molar-refractivity contribution is 7.80. The van der Waals surface area contributed by atoms with Gasteiger partial charge in [0.25, 0.3) is 0 Å². The van der Waals surface area contributed by atoms with E-state index in [1.165, 1.54) is 0 Å². The molecule has 0 fully saturated rings. The number of nitrogens with two attached hydrogens (primary N) is 1. The van der Waals surface area contributed by atoms with E-state index in [2.05, 4.69) is 24.1 Å². The van der Waals surface area contributed by atoms with Crippen LogP contribution in [-0.2, 0) is 9.47 Å². The summed E-state index contributed by atoms with van der Waals surface area (Å²) in [7, 11) is 3.14. The zero-order valence-electron chi connectivity index (χ0n) is 9.16. The SMILES string of the molecule is C=C(/C=C\C(OC)=C(/C)OC)NC(N)=S. The molecule has 0 saturated heterocycles. The van der Waals surface area contributed by atoms with Crippen molar-refractivity contribution >= 4 is 17.3 Å². The van der Waals surface area contributed by atoms with Gasteiger partial charge in [-0.3, -0.25) is 0 Å². The minimum atomic E-state index is 0.177. The van der Waals surface area contributed by atoms with Gasteiger partial charge in [0.1, 0.15) is 5.76 Å². The van der Waals surface area contributed by atoms with E-state index in [0.717, 1.165) is 0 Å². The van der Waals surface area contributed by atoms with E-state index < -0.39 is 0 Å². The van der Waals surface area contributed by atoms with E-state index in [-0.39, 0.29) is 5.11 Å². The van der Waals surface area contributed by atoms with E-state index in [9.17, 15) is 0 Å². The van der Waals surface area contributed by atoms with E-state index in [4.69, 9.17) is 15.2 Å². The van der Waals surface area contributed by atoms with Crippen LogP contribution in [0.3, 0.4) is 0 Å². The Balaban J connectivity index is 4.49. The normalized spacial score (nSPS) is 11.9. The Morgan fingerprint density at radius 3 is 2.33 bits per heavy atom. The molecule has 0 aromatic heterocycles. The van der Waals surface area contributed by atoms with Crippen LogP contribution in [0.15, 0.2) is 35.9 Å². The fraction of sp³-hybridized carbons (Fsp3) is 0.300. The lowest BCUT2D eigenvalue weighted by Gasteiger charge is -2.06. The molecule has 0 aromatic rings. The van der Waals surface area contributed by atoms with Gasteiger partial charge in [-0.05, 0) is 31.3 Å². The van der Waals surface area contributed by atoms with Gasteiger partial charge in [-0.1, -0.05) is 6.58 Å². The third-order valence-corrected chi connectivity index (χ3v) is 1.69. The van der Waals surface area contributed by atoms with Crippen LogP contribution in [0, 0.1) is 0 Å². The van der Waals surface area contributed by atoms with Crippen LogP contribution in [0.1, 0.15) is 6.92 Å². The third kappa shape index (κ3) is 5.74. The summed E-state index contributed by atoms with van der Waals surface area (Å²) >= 11 is 4.66. The van der Waals surface area contributed by atoms with Crippen molar-refractivity contribution in [2.75, 3.05) is 14.2 Å². The molecular formula is C10H16N2O2S. The minimum Gasteiger partial charge on any atom is -0.498 e. The Labute approximate surface area is 95.4 Å². The molecule has 0 radical (unpaired) electrons. The summed E-state index contributed by atoms with van der Waals surface area (Å²) in [6.07, 6.45) is 3.41. The molecule has 4 nitrogen and oxygen atoms in total. The summed E-state index contributed by atoms with van der Waals surface area (Å²) in [6.45, 7) is 5.50. The standard InChI is InChI=1S/C10H16N2O2S/c1-7(12-10(11)15)5-6-9(14-4)8(2)13-3/h5-6H,1H2,2-4H3,(H3,11,12,15)/b6-5-,9-8-. The van der Waals surface area contributed by atoms with Gasteiger partial charge in [-0.2, -0.15) is 0 Å². The minimum absolute atomic E-state index is 0.177. The van der Waals surface area contributed by atoms with Crippen molar-refractivity contribution in [3.05, 3.63) is 35.9 Å². The summed E-state index contributed by atoms with van der Waals surface area (Å²) in [6, 6.07) is 0. The zero-order valence-corrected chi connectivity index (χ0v) is 9.98. The molecule has 15 heavy (non-hydrogen) atoms. The predicted molar refractivity (Wildman–Crippen MR) is 64.9 cm³/mol. The first-order valence-corrected chi connectivity index (χ1v) is 4.64. The quantitative estimate of drug-likeness (QED) is 0.423. The van der Waals surface area contributed by atoms with Gasteiger partial charge in [0, 0.05) is 5.70 Å². The maximum absolute atomic E-state index is 5.28. The number of methoxy groups -OCH3 is 2. The van der Waals surface area contributed by atoms with Crippen LogP contribution in [0.25, 0.3) is 0 Å². The van der Waals surface area contributed by atoms with Crippen molar-refractivity contribution in [1.82, 2.24) is 5.32 Å². The molecule has 84 valence electrons. The lowest BCUT2D eigenvalue weighted by molar-refractivity contribution is 0.232. The lowest BCUT2D eigenvalue weighted by Crippen LogP contribution is -2.27. The van der Waals surface area contributed by atoms with Crippen LogP contribution < -0.4 is 11.1 Å². The Kier molecular flexibility index (Phi) is 6.21. The number of allylic oxidation sites excluding steroid dienone is 3. The number of nitrogens with one attached hydrogen (secondary N) is 1. The second-order valence-electron chi connectivity index (χ2n) is 2.68. The monoisotopic (exact) mass is 228 g/mol. The number of hydrogen-bond acceptors (Lipinski definition) is 3. The molecule has 0 unspecified atom stereocenters. The van der Waals surface area contributed by atoms with Gasteiger partial charge in [0.15, 0.2) is 10.9 Å². The Hall–Kier alpha value is -1.49. The second-order valence-corrected chi connectivity index (χ2v) is 3.12. The highest BCUT2D eigenvalue weighted by Crippen LogP contribution is 2.07. The first kappa shape index (κ1) is 13.5. The van der Waals surface area contributed by atoms with E-state index >= 15 is 0 Å². The van der Waals surface area contributed by atoms with Crippen molar-refractivity contribution < 1.29 is 9.47 Å². The summed E-state index contributed by atoms with van der Waals surface area (Å²) in [5.74, 6) is 1.29. The molecule has 0 rings (SSSR count). The lowest BCUT2D eigenvalue weighted by atomic mass is 10.3. The highest BCUT2D eigenvalue weighted by atomic mass is 32.1. The Bertz CT molecular complexity index is 309. The number of hydrogen-bond donors (Lipinski definition) is 2. The molecule has 0 saturated carbocycles. The fourth-order valence-electron chi connectivity index (χ4n) is 0.806. The number of rotatable bonds is 5. The predicted octanol–water partition coefficient (Wildman–Crippen LogP) is 1.41. The average molecular weight is 228 g/mol. The van der Waals surface area contributed by atoms with Crippen molar-refractivity contribution in [3.8, 4) is 0 Å². The molecule has 5 heteroatoms. The molecule has 0 aliphatic rings. The smallest absolute Gasteiger partial charge is 0.168 e. The van der Waals surface area contributed by atoms with Crippen molar-refractivity contribution in [2.24, 2.45) is 5.73 Å². The molecule has 0 aliphatic heterocycles. The topological polar surface area (TPSA) is 56.5 Å². The van der Waals surface area contributed by atoms with E-state index in [0.29, 0.717) is 17.2 Å². The third-order valence-electron chi connectivity index (χ3n) is 1.59. The van der Waals surface area contributed by atoms with Gasteiger partial charge < -0.3 is 20.5 Å². The van der Waals surface area contributed by atoms with Gasteiger partial charge in [0.05, 0.1) is 14.2 Å². The first-order valence-electron chi connectivity index (χ1n) is 4.23. The molecule has 0 aliphatic carbocycles. The largest absolute Gasteiger partial charge is 0.498 e. The summed E-state index contributed by atoms with van der Waals surface area (Å²) in [5.41, 5.74) is 5.86. The molecule has 0 aromatic carbocycles. The summed E-state index contributed by atoms with van der Waals surface area (Å²) < 4.78 is 10.1. The zero-order chi connectivity index (χ0) is 11.8. The van der Waals surface area contributed by atoms with Gasteiger partial charge >= 0.3 is 0 Å². The van der Waals surface area contributed by atoms with Gasteiger partial charge in [-0.25, -0.2) is 0 Å². The molecule has 3 N–H and O–H groups in total. The van der Waals surface area contributed by atoms with Crippen molar-refractivity contribution in [1.29, 1.82) is 0 Å². The second kappa shape index (κ2) is 6.89. The van der Waals surface area contributed by atoms with E-state index in [1.807, 2.05) is 0 Å². The molecule has 0 amide bonds. The maximum atomic E-state index is 5.28. The van der Waals surface area contributed by atoms with Crippen LogP contribution in [0.5, 0.6) is 0 Å². The highest BCUT2D eigenvalue weighted by Gasteiger charge is 1.98. The molecule has 0 atom stereocenters. The summed E-state index contributed by atoms with van der Waals surface area (Å²) in [5, 5.41) is 2.87. The van der Waals surface area contributed by atoms with Gasteiger partial charge in [0.2, 0.25) is 0 Å². The number of thiocarbonyl (C=S) groups is 1. The Morgan fingerprint density at radius 1 is 1.33 bits per heavy atom. The number of ether oxygens (including phenoxy) is 2.